The Bertz CT molecular complexity index is 2040. The first-order valence-corrected chi connectivity index (χ1v) is 22.5. The van der Waals surface area contributed by atoms with Crippen molar-refractivity contribution in [2.24, 2.45) is 16.1 Å². The van der Waals surface area contributed by atoms with Crippen molar-refractivity contribution in [3.63, 3.8) is 0 Å². The zero-order chi connectivity index (χ0) is 41.4. The maximum atomic E-state index is 13.9. The van der Waals surface area contributed by atoms with Crippen LogP contribution >= 0.6 is 11.8 Å². The number of hydrogen-bond donors (Lipinski definition) is 2. The van der Waals surface area contributed by atoms with Gasteiger partial charge in [-0.25, -0.2) is 5.43 Å². The molecule has 1 aliphatic carbocycles. The molecule has 14 nitrogen and oxygen atoms in total. The molecule has 5 atom stereocenters. The number of piperazine rings is 1. The number of nitrogens with two attached hydrogens (primary N) is 1. The molecule has 1 spiro atoms. The normalized spacial score (nSPS) is 25.7. The van der Waals surface area contributed by atoms with E-state index in [2.05, 4.69) is 71.9 Å². The maximum Gasteiger partial charge on any atom is 0.324 e. The number of nitrogens with zero attached hydrogens (tertiary/aromatic N) is 6. The van der Waals surface area contributed by atoms with Crippen LogP contribution in [0, 0.1) is 5.41 Å². The quantitative estimate of drug-likeness (QED) is 0.269. The zero-order valence-corrected chi connectivity index (χ0v) is 36.4. The van der Waals surface area contributed by atoms with Gasteiger partial charge >= 0.3 is 5.97 Å². The van der Waals surface area contributed by atoms with E-state index in [0.717, 1.165) is 83.2 Å². The summed E-state index contributed by atoms with van der Waals surface area (Å²) in [6.07, 6.45) is 4.93. The van der Waals surface area contributed by atoms with Crippen molar-refractivity contribution in [1.29, 1.82) is 0 Å². The molecule has 4 aliphatic heterocycles. The van der Waals surface area contributed by atoms with Crippen molar-refractivity contribution in [2.45, 2.75) is 103 Å². The number of hydrogen-bond acceptors (Lipinski definition) is 13. The standard InChI is InChI=1S/C44H62N8O6S/c1-7-56-40-37(45)42(53)52-14-8-9-34(48-52)43(54)58-26-44(12-13-44)23-33-31-21-29(35-25-59-41(40)47-35)10-11-36(31)51(19-20-57-27(2)3)39(33)32-22-30(24-46-38(32)28(4)55-6)50-17-15-49(5)16-18-50/h10-11,21-22,24,27-28,34-35,37,40,48H,7-9,12-20,23,25-26,45H2,1-6H3/t28-,34-,35?,37-,40-/m0/s1. The average Bonchev–Trinajstić information content (AvgIpc) is 3.72. The molecule has 0 radical (unpaired) electrons. The number of methoxy groups -OCH3 is 1. The molecule has 3 fully saturated rings. The summed E-state index contributed by atoms with van der Waals surface area (Å²) in [5.41, 5.74) is 17.2. The van der Waals surface area contributed by atoms with Crippen molar-refractivity contribution >= 4 is 45.3 Å². The number of rotatable bonds is 10. The van der Waals surface area contributed by atoms with Crippen LogP contribution in [0.5, 0.6) is 0 Å². The topological polar surface area (TPSA) is 149 Å². The molecule has 3 aromatic rings. The number of carbonyl (C=O) groups excluding carboxylic acids is 2. The Morgan fingerprint density at radius 2 is 1.90 bits per heavy atom. The Kier molecular flexibility index (Phi) is 12.7. The SMILES string of the molecule is CCO[C@@H]1C2=NC(CS2)c2ccc3c(c2)c(c(-c2cc(N4CCN(C)CC4)cnc2[C@H](C)OC)n3CCOC(C)C)CC2(CC2)COC(=O)[C@@H]2CCCN(N2)C(=O)[C@H]1N. The first-order valence-electron chi connectivity index (χ1n) is 21.5. The molecule has 8 rings (SSSR count). The highest BCUT2D eigenvalue weighted by atomic mass is 32.2. The fourth-order valence-electron chi connectivity index (χ4n) is 8.98. The van der Waals surface area contributed by atoms with Gasteiger partial charge in [0.1, 0.15) is 18.2 Å². The number of thioether (sulfide) groups is 1. The smallest absolute Gasteiger partial charge is 0.324 e. The van der Waals surface area contributed by atoms with Gasteiger partial charge in [0.05, 0.1) is 59.8 Å². The number of fused-ring (bicyclic) bond motifs is 5. The van der Waals surface area contributed by atoms with Gasteiger partial charge in [0.15, 0.2) is 0 Å². The summed E-state index contributed by atoms with van der Waals surface area (Å²) in [5, 5.41) is 3.35. The molecule has 5 aliphatic rings. The molecule has 320 valence electrons. The highest BCUT2D eigenvalue weighted by Gasteiger charge is 2.47. The maximum absolute atomic E-state index is 13.9. The number of nitrogens with one attached hydrogen (secondary N) is 1. The fraction of sp³-hybridized carbons (Fsp3) is 0.636. The Morgan fingerprint density at radius 3 is 2.63 bits per heavy atom. The van der Waals surface area contributed by atoms with Gasteiger partial charge in [-0.15, -0.1) is 11.8 Å². The van der Waals surface area contributed by atoms with Gasteiger partial charge in [-0.1, -0.05) is 6.07 Å². The summed E-state index contributed by atoms with van der Waals surface area (Å²) < 4.78 is 27.1. The fourth-order valence-corrected chi connectivity index (χ4v) is 10.2. The highest BCUT2D eigenvalue weighted by molar-refractivity contribution is 8.14. The summed E-state index contributed by atoms with van der Waals surface area (Å²) in [4.78, 5) is 42.9. The molecule has 1 unspecified atom stereocenters. The predicted molar refractivity (Wildman–Crippen MR) is 232 cm³/mol. The van der Waals surface area contributed by atoms with E-state index >= 15 is 0 Å². The number of amides is 1. The number of ether oxygens (including phenoxy) is 4. The lowest BCUT2D eigenvalue weighted by Crippen LogP contribution is -2.61. The van der Waals surface area contributed by atoms with Crippen LogP contribution in [-0.4, -0.2) is 133 Å². The van der Waals surface area contributed by atoms with Crippen molar-refractivity contribution in [3.05, 3.63) is 47.3 Å². The first-order chi connectivity index (χ1) is 28.5. The molecule has 2 aromatic heterocycles. The van der Waals surface area contributed by atoms with E-state index in [-0.39, 0.29) is 35.5 Å². The van der Waals surface area contributed by atoms with Crippen molar-refractivity contribution in [2.75, 3.05) is 77.4 Å². The molecular weight excluding hydrogens is 769 g/mol. The molecule has 6 bridgehead atoms. The third-order valence-corrected chi connectivity index (χ3v) is 13.9. The van der Waals surface area contributed by atoms with E-state index in [9.17, 15) is 9.59 Å². The molecule has 2 saturated heterocycles. The summed E-state index contributed by atoms with van der Waals surface area (Å²) >= 11 is 1.60. The van der Waals surface area contributed by atoms with Crippen LogP contribution in [0.15, 0.2) is 35.5 Å². The van der Waals surface area contributed by atoms with E-state index in [1.165, 1.54) is 10.6 Å². The number of likely N-dealkylation sites (N-methyl/N-ethyl adjacent to an activating group) is 1. The van der Waals surface area contributed by atoms with Gasteiger partial charge in [-0.05, 0) is 96.2 Å². The zero-order valence-electron chi connectivity index (χ0n) is 35.6. The minimum Gasteiger partial charge on any atom is -0.464 e. The van der Waals surface area contributed by atoms with Crippen molar-refractivity contribution in [3.8, 4) is 11.3 Å². The number of cyclic esters (lactones) is 1. The van der Waals surface area contributed by atoms with Gasteiger partial charge in [-0.2, -0.15) is 0 Å². The number of esters is 1. The number of hydrazine groups is 1. The van der Waals surface area contributed by atoms with Crippen LogP contribution < -0.4 is 16.1 Å². The summed E-state index contributed by atoms with van der Waals surface area (Å²) in [6.45, 7) is 14.2. The minimum absolute atomic E-state index is 0.0831. The minimum atomic E-state index is -0.992. The predicted octanol–water partition coefficient (Wildman–Crippen LogP) is 4.88. The van der Waals surface area contributed by atoms with Crippen LogP contribution in [-0.2, 0) is 41.5 Å². The monoisotopic (exact) mass is 830 g/mol. The highest BCUT2D eigenvalue weighted by Crippen LogP contribution is 2.52. The molecule has 1 aromatic carbocycles. The number of benzene rings is 1. The van der Waals surface area contributed by atoms with Crippen molar-refractivity contribution < 1.29 is 28.5 Å². The van der Waals surface area contributed by atoms with Crippen LogP contribution in [0.25, 0.3) is 22.2 Å². The Hall–Kier alpha value is -3.57. The van der Waals surface area contributed by atoms with Gasteiger partial charge in [0.25, 0.3) is 5.91 Å². The van der Waals surface area contributed by atoms with Crippen LogP contribution in [0.2, 0.25) is 0 Å². The largest absolute Gasteiger partial charge is 0.464 e. The van der Waals surface area contributed by atoms with Crippen LogP contribution in [0.1, 0.15) is 82.3 Å². The van der Waals surface area contributed by atoms with Gasteiger partial charge in [-0.3, -0.25) is 24.6 Å². The molecule has 6 heterocycles. The molecule has 1 saturated carbocycles. The van der Waals surface area contributed by atoms with Gasteiger partial charge in [0.2, 0.25) is 0 Å². The number of pyridine rings is 1. The molecule has 15 heteroatoms. The third-order valence-electron chi connectivity index (χ3n) is 12.7. The molecule has 3 N–H and O–H groups in total. The van der Waals surface area contributed by atoms with E-state index < -0.39 is 18.2 Å². The Morgan fingerprint density at radius 1 is 1.10 bits per heavy atom. The third kappa shape index (κ3) is 8.80. The Labute approximate surface area is 352 Å². The second-order valence-corrected chi connectivity index (χ2v) is 18.3. The number of anilines is 1. The van der Waals surface area contributed by atoms with Gasteiger partial charge < -0.3 is 39.0 Å². The van der Waals surface area contributed by atoms with Crippen LogP contribution in [0.3, 0.4) is 0 Å². The van der Waals surface area contributed by atoms with E-state index in [0.29, 0.717) is 57.9 Å². The average molecular weight is 831 g/mol. The molecule has 59 heavy (non-hydrogen) atoms. The number of aromatic nitrogens is 2. The van der Waals surface area contributed by atoms with Gasteiger partial charge in [0, 0.05) is 80.6 Å². The van der Waals surface area contributed by atoms with E-state index in [1.54, 1.807) is 18.9 Å². The second-order valence-electron chi connectivity index (χ2n) is 17.3. The molecular formula is C44H62N8O6S. The number of carbonyl (C=O) groups is 2. The molecule has 1 amide bonds. The van der Waals surface area contributed by atoms with Crippen molar-refractivity contribution in [1.82, 2.24) is 24.9 Å². The number of aliphatic imine (C=N–C) groups is 1. The van der Waals surface area contributed by atoms with E-state index in [4.69, 9.17) is 34.7 Å². The summed E-state index contributed by atoms with van der Waals surface area (Å²) in [7, 11) is 3.91. The lowest BCUT2D eigenvalue weighted by atomic mass is 9.91. The first kappa shape index (κ1) is 42.1. The lowest BCUT2D eigenvalue weighted by Gasteiger charge is -2.35. The summed E-state index contributed by atoms with van der Waals surface area (Å²) in [6, 6.07) is 7.27. The lowest BCUT2D eigenvalue weighted by molar-refractivity contribution is -0.154. The Balaban J connectivity index is 1.31. The summed E-state index contributed by atoms with van der Waals surface area (Å²) in [5.74, 6) is 0.0425. The van der Waals surface area contributed by atoms with Crippen LogP contribution in [0.4, 0.5) is 5.69 Å². The second kappa shape index (κ2) is 17.8. The van der Waals surface area contributed by atoms with E-state index in [1.807, 2.05) is 13.1 Å².